The lowest BCUT2D eigenvalue weighted by Crippen LogP contribution is -2.10. The molecule has 1 unspecified atom stereocenters. The predicted octanol–water partition coefficient (Wildman–Crippen LogP) is 7.25. The third-order valence-electron chi connectivity index (χ3n) is 5.26. The third-order valence-corrected chi connectivity index (χ3v) is 6.35. The zero-order valence-electron chi connectivity index (χ0n) is 16.1. The van der Waals surface area contributed by atoms with Gasteiger partial charge < -0.3 is 0 Å². The first-order chi connectivity index (χ1) is 13.1. The molecule has 0 aliphatic rings. The van der Waals surface area contributed by atoms with Gasteiger partial charge in [0.2, 0.25) is 0 Å². The summed E-state index contributed by atoms with van der Waals surface area (Å²) in [6.07, 6.45) is 1.08. The molecule has 0 radical (unpaired) electrons. The van der Waals surface area contributed by atoms with Gasteiger partial charge in [0, 0.05) is 5.56 Å². The maximum absolute atomic E-state index is 4.79. The monoisotopic (exact) mass is 371 g/mol. The van der Waals surface area contributed by atoms with Crippen LogP contribution in [0.15, 0.2) is 72.8 Å². The van der Waals surface area contributed by atoms with E-state index in [1.165, 1.54) is 27.0 Å². The van der Waals surface area contributed by atoms with Crippen LogP contribution in [0.25, 0.3) is 20.8 Å². The van der Waals surface area contributed by atoms with Crippen LogP contribution in [0.5, 0.6) is 0 Å². The fourth-order valence-corrected chi connectivity index (χ4v) is 4.56. The van der Waals surface area contributed by atoms with E-state index in [9.17, 15) is 0 Å². The van der Waals surface area contributed by atoms with Crippen LogP contribution < -0.4 is 0 Å². The largest absolute Gasteiger partial charge is 0.236 e. The first-order valence-corrected chi connectivity index (χ1v) is 10.4. The normalized spacial score (nSPS) is 12.6. The van der Waals surface area contributed by atoms with Crippen LogP contribution in [0, 0.1) is 12.8 Å². The molecule has 27 heavy (non-hydrogen) atoms. The molecule has 1 nitrogen and oxygen atoms in total. The fourth-order valence-electron chi connectivity index (χ4n) is 3.59. The average molecular weight is 372 g/mol. The van der Waals surface area contributed by atoms with Gasteiger partial charge in [0.15, 0.2) is 0 Å². The van der Waals surface area contributed by atoms with Crippen LogP contribution in [0.1, 0.15) is 36.5 Å². The number of aryl methyl sites for hydroxylation is 1. The number of benzene rings is 3. The number of rotatable bonds is 5. The molecule has 3 aromatic carbocycles. The Balaban J connectivity index is 1.59. The van der Waals surface area contributed by atoms with Gasteiger partial charge in [-0.1, -0.05) is 80.1 Å². The minimum Gasteiger partial charge on any atom is -0.236 e. The maximum atomic E-state index is 4.79. The summed E-state index contributed by atoms with van der Waals surface area (Å²) in [6.45, 7) is 6.78. The standard InChI is InChI=1S/C25H25NS/c1-17(2)22(16-19-10-8-18(3)9-11-19)20-12-14-21(15-13-20)25-26-23-6-4-5-7-24(23)27-25/h4-15,17,22H,16H2,1-3H3. The van der Waals surface area contributed by atoms with Gasteiger partial charge in [0.25, 0.3) is 0 Å². The minimum atomic E-state index is 0.525. The van der Waals surface area contributed by atoms with Gasteiger partial charge in [0.05, 0.1) is 10.2 Å². The summed E-state index contributed by atoms with van der Waals surface area (Å²) >= 11 is 1.76. The van der Waals surface area contributed by atoms with Crippen molar-refractivity contribution < 1.29 is 0 Å². The summed E-state index contributed by atoms with van der Waals surface area (Å²) in [5.41, 5.74) is 6.43. The van der Waals surface area contributed by atoms with Crippen LogP contribution in [0.4, 0.5) is 0 Å². The Morgan fingerprint density at radius 3 is 2.22 bits per heavy atom. The highest BCUT2D eigenvalue weighted by atomic mass is 32.1. The smallest absolute Gasteiger partial charge is 0.124 e. The first-order valence-electron chi connectivity index (χ1n) is 9.61. The van der Waals surface area contributed by atoms with Crippen LogP contribution >= 0.6 is 11.3 Å². The molecule has 0 aliphatic carbocycles. The van der Waals surface area contributed by atoms with Gasteiger partial charge in [0.1, 0.15) is 5.01 Å². The Kier molecular flexibility index (Phi) is 5.09. The molecule has 0 fully saturated rings. The molecular formula is C25H25NS. The number of nitrogens with zero attached hydrogens (tertiary/aromatic N) is 1. The second kappa shape index (κ2) is 7.66. The summed E-state index contributed by atoms with van der Waals surface area (Å²) < 4.78 is 1.25. The molecule has 0 amide bonds. The van der Waals surface area contributed by atoms with Gasteiger partial charge >= 0.3 is 0 Å². The molecule has 1 atom stereocenters. The molecule has 4 rings (SSSR count). The Labute approximate surface area is 165 Å². The topological polar surface area (TPSA) is 12.9 Å². The summed E-state index contributed by atoms with van der Waals surface area (Å²) in [6, 6.07) is 26.3. The molecule has 0 saturated carbocycles. The van der Waals surface area contributed by atoms with E-state index in [0.29, 0.717) is 11.8 Å². The van der Waals surface area contributed by atoms with Crippen LogP contribution in [0.2, 0.25) is 0 Å². The van der Waals surface area contributed by atoms with Crippen molar-refractivity contribution in [2.45, 2.75) is 33.1 Å². The third kappa shape index (κ3) is 3.96. The second-order valence-electron chi connectivity index (χ2n) is 7.65. The van der Waals surface area contributed by atoms with Crippen molar-refractivity contribution in [1.82, 2.24) is 4.98 Å². The van der Waals surface area contributed by atoms with Crippen LogP contribution in [-0.4, -0.2) is 4.98 Å². The number of hydrogen-bond donors (Lipinski definition) is 0. The van der Waals surface area contributed by atoms with Crippen molar-refractivity contribution in [2.75, 3.05) is 0 Å². The van der Waals surface area contributed by atoms with E-state index < -0.39 is 0 Å². The van der Waals surface area contributed by atoms with E-state index >= 15 is 0 Å². The molecule has 0 N–H and O–H groups in total. The van der Waals surface area contributed by atoms with Crippen LogP contribution in [-0.2, 0) is 6.42 Å². The van der Waals surface area contributed by atoms with E-state index in [-0.39, 0.29) is 0 Å². The first kappa shape index (κ1) is 17.9. The second-order valence-corrected chi connectivity index (χ2v) is 8.68. The van der Waals surface area contributed by atoms with Gasteiger partial charge in [-0.3, -0.25) is 0 Å². The summed E-state index contributed by atoms with van der Waals surface area (Å²) in [5, 5.41) is 1.10. The Morgan fingerprint density at radius 1 is 0.852 bits per heavy atom. The van der Waals surface area contributed by atoms with Gasteiger partial charge in [-0.05, 0) is 48.4 Å². The number of para-hydroxylation sites is 1. The lowest BCUT2D eigenvalue weighted by atomic mass is 9.83. The summed E-state index contributed by atoms with van der Waals surface area (Å²) in [4.78, 5) is 4.79. The maximum Gasteiger partial charge on any atom is 0.124 e. The predicted molar refractivity (Wildman–Crippen MR) is 118 cm³/mol. The van der Waals surface area contributed by atoms with Crippen molar-refractivity contribution in [1.29, 1.82) is 0 Å². The fraction of sp³-hybridized carbons (Fsp3) is 0.240. The van der Waals surface area contributed by atoms with Crippen molar-refractivity contribution >= 4 is 21.6 Å². The highest BCUT2D eigenvalue weighted by Gasteiger charge is 2.17. The highest BCUT2D eigenvalue weighted by molar-refractivity contribution is 7.21. The van der Waals surface area contributed by atoms with E-state index in [4.69, 9.17) is 4.98 Å². The van der Waals surface area contributed by atoms with Gasteiger partial charge in [-0.2, -0.15) is 0 Å². The molecule has 0 saturated heterocycles. The van der Waals surface area contributed by atoms with Crippen molar-refractivity contribution in [3.8, 4) is 10.6 Å². The summed E-state index contributed by atoms with van der Waals surface area (Å²) in [7, 11) is 0. The minimum absolute atomic E-state index is 0.525. The average Bonchev–Trinajstić information content (AvgIpc) is 3.12. The summed E-state index contributed by atoms with van der Waals surface area (Å²) in [5.74, 6) is 1.12. The molecule has 0 aliphatic heterocycles. The lowest BCUT2D eigenvalue weighted by Gasteiger charge is -2.22. The lowest BCUT2D eigenvalue weighted by molar-refractivity contribution is 0.495. The van der Waals surface area contributed by atoms with E-state index in [0.717, 1.165) is 16.9 Å². The Bertz CT molecular complexity index is 993. The number of hydrogen-bond acceptors (Lipinski definition) is 2. The molecule has 4 aromatic rings. The highest BCUT2D eigenvalue weighted by Crippen LogP contribution is 2.33. The zero-order valence-corrected chi connectivity index (χ0v) is 17.0. The Morgan fingerprint density at radius 2 is 1.56 bits per heavy atom. The Hall–Kier alpha value is -2.45. The van der Waals surface area contributed by atoms with Gasteiger partial charge in [-0.15, -0.1) is 11.3 Å². The van der Waals surface area contributed by atoms with Crippen molar-refractivity contribution in [3.63, 3.8) is 0 Å². The number of aromatic nitrogens is 1. The van der Waals surface area contributed by atoms with Gasteiger partial charge in [-0.25, -0.2) is 4.98 Å². The molecule has 1 heterocycles. The van der Waals surface area contributed by atoms with E-state index in [1.54, 1.807) is 11.3 Å². The van der Waals surface area contributed by atoms with Crippen LogP contribution in [0.3, 0.4) is 0 Å². The SMILES string of the molecule is Cc1ccc(CC(c2ccc(-c3nc4ccccc4s3)cc2)C(C)C)cc1. The molecular weight excluding hydrogens is 346 g/mol. The molecule has 2 heteroatoms. The molecule has 1 aromatic heterocycles. The molecule has 0 spiro atoms. The number of thiazole rings is 1. The quantitative estimate of drug-likeness (QED) is 0.360. The zero-order chi connectivity index (χ0) is 18.8. The molecule has 0 bridgehead atoms. The van der Waals surface area contributed by atoms with E-state index in [1.807, 2.05) is 6.07 Å². The van der Waals surface area contributed by atoms with E-state index in [2.05, 4.69) is 87.5 Å². The number of fused-ring (bicyclic) bond motifs is 1. The molecule has 136 valence electrons. The van der Waals surface area contributed by atoms with Crippen molar-refractivity contribution in [3.05, 3.63) is 89.5 Å². The van der Waals surface area contributed by atoms with Crippen molar-refractivity contribution in [2.24, 2.45) is 5.92 Å².